The molecule has 1 aromatic heterocycles. The van der Waals surface area contributed by atoms with E-state index >= 15 is 0 Å². The lowest BCUT2D eigenvalue weighted by atomic mass is 10.1. The summed E-state index contributed by atoms with van der Waals surface area (Å²) in [4.78, 5) is 14.2. The lowest BCUT2D eigenvalue weighted by Crippen LogP contribution is -3.13. The predicted octanol–water partition coefficient (Wildman–Crippen LogP) is 1.96. The van der Waals surface area contributed by atoms with Crippen molar-refractivity contribution < 1.29 is 23.6 Å². The Morgan fingerprint density at radius 1 is 1.24 bits per heavy atom. The number of quaternary nitrogens is 1. The molecule has 6 nitrogen and oxygen atoms in total. The molecular formula is C23H27N2O4+. The first-order valence-corrected chi connectivity index (χ1v) is 9.98. The Balaban J connectivity index is 1.36. The van der Waals surface area contributed by atoms with E-state index in [0.29, 0.717) is 24.5 Å². The summed E-state index contributed by atoms with van der Waals surface area (Å²) in [6.45, 7) is 5.88. The molecular weight excluding hydrogens is 368 g/mol. The number of hydrogen-bond donors (Lipinski definition) is 2. The van der Waals surface area contributed by atoms with Gasteiger partial charge in [-0.25, -0.2) is 0 Å². The van der Waals surface area contributed by atoms with E-state index in [4.69, 9.17) is 13.9 Å². The summed E-state index contributed by atoms with van der Waals surface area (Å²) >= 11 is 0. The summed E-state index contributed by atoms with van der Waals surface area (Å²) in [5.74, 6) is 0.874. The molecule has 2 heterocycles. The minimum atomic E-state index is -0.212. The smallest absolute Gasteiger partial charge is 0.287 e. The van der Waals surface area contributed by atoms with Crippen molar-refractivity contribution in [2.24, 2.45) is 0 Å². The van der Waals surface area contributed by atoms with Crippen LogP contribution in [0.5, 0.6) is 5.75 Å². The summed E-state index contributed by atoms with van der Waals surface area (Å²) in [6.07, 6.45) is -0.00353. The second-order valence-corrected chi connectivity index (χ2v) is 7.49. The highest BCUT2D eigenvalue weighted by Crippen LogP contribution is 2.28. The number of morpholine rings is 1. The average molecular weight is 395 g/mol. The van der Waals surface area contributed by atoms with Gasteiger partial charge in [0.2, 0.25) is 0 Å². The SMILES string of the molecule is COc1ccc2oc(C(=O)NC[C@H]3C[NH+](Cc4ccccc4)CCO3)c(C)c2c1. The van der Waals surface area contributed by atoms with Crippen LogP contribution in [-0.2, 0) is 11.3 Å². The molecule has 0 aliphatic carbocycles. The van der Waals surface area contributed by atoms with Gasteiger partial charge in [0.25, 0.3) is 5.91 Å². The molecule has 2 atom stereocenters. The molecule has 0 spiro atoms. The van der Waals surface area contributed by atoms with Crippen LogP contribution in [-0.4, -0.2) is 45.4 Å². The van der Waals surface area contributed by atoms with Gasteiger partial charge < -0.3 is 24.1 Å². The molecule has 0 saturated carbocycles. The molecule has 0 radical (unpaired) electrons. The summed E-state index contributed by atoms with van der Waals surface area (Å²) in [5, 5.41) is 3.87. The predicted molar refractivity (Wildman–Crippen MR) is 110 cm³/mol. The van der Waals surface area contributed by atoms with Gasteiger partial charge in [0.15, 0.2) is 5.76 Å². The third-order valence-electron chi connectivity index (χ3n) is 5.46. The lowest BCUT2D eigenvalue weighted by molar-refractivity contribution is -0.925. The maximum Gasteiger partial charge on any atom is 0.287 e. The van der Waals surface area contributed by atoms with Gasteiger partial charge in [0, 0.05) is 23.1 Å². The van der Waals surface area contributed by atoms with Gasteiger partial charge >= 0.3 is 0 Å². The first kappa shape index (κ1) is 19.5. The van der Waals surface area contributed by atoms with Crippen LogP contribution in [0.1, 0.15) is 21.7 Å². The molecule has 1 saturated heterocycles. The summed E-state index contributed by atoms with van der Waals surface area (Å²) in [6, 6.07) is 16.0. The molecule has 1 unspecified atom stereocenters. The van der Waals surface area contributed by atoms with Gasteiger partial charge in [0.1, 0.15) is 37.1 Å². The average Bonchev–Trinajstić information content (AvgIpc) is 3.09. The maximum atomic E-state index is 12.7. The molecule has 0 bridgehead atoms. The highest BCUT2D eigenvalue weighted by Gasteiger charge is 2.25. The number of methoxy groups -OCH3 is 1. The van der Waals surface area contributed by atoms with Crippen molar-refractivity contribution in [2.75, 3.05) is 33.4 Å². The molecule has 1 aliphatic rings. The van der Waals surface area contributed by atoms with Crippen LogP contribution in [0.4, 0.5) is 0 Å². The Morgan fingerprint density at radius 3 is 2.86 bits per heavy atom. The van der Waals surface area contributed by atoms with Crippen LogP contribution in [0.3, 0.4) is 0 Å². The number of benzene rings is 2. The molecule has 152 valence electrons. The third kappa shape index (κ3) is 4.44. The zero-order valence-corrected chi connectivity index (χ0v) is 16.9. The number of carbonyl (C=O) groups is 1. The van der Waals surface area contributed by atoms with Crippen molar-refractivity contribution in [1.82, 2.24) is 5.32 Å². The van der Waals surface area contributed by atoms with E-state index in [2.05, 4.69) is 29.6 Å². The maximum absolute atomic E-state index is 12.7. The summed E-state index contributed by atoms with van der Waals surface area (Å²) in [5.41, 5.74) is 2.82. The first-order chi connectivity index (χ1) is 14.1. The number of ether oxygens (including phenoxy) is 2. The van der Waals surface area contributed by atoms with Crippen LogP contribution in [0.25, 0.3) is 11.0 Å². The molecule has 6 heteroatoms. The molecule has 2 aromatic carbocycles. The van der Waals surface area contributed by atoms with Crippen molar-refractivity contribution in [2.45, 2.75) is 19.6 Å². The Bertz CT molecular complexity index is 983. The zero-order chi connectivity index (χ0) is 20.2. The van der Waals surface area contributed by atoms with Crippen LogP contribution < -0.4 is 15.0 Å². The van der Waals surface area contributed by atoms with E-state index in [-0.39, 0.29) is 12.0 Å². The molecule has 1 aliphatic heterocycles. The second kappa shape index (κ2) is 8.68. The lowest BCUT2D eigenvalue weighted by Gasteiger charge is -2.30. The number of hydrogen-bond acceptors (Lipinski definition) is 4. The highest BCUT2D eigenvalue weighted by molar-refractivity contribution is 5.99. The Labute approximate surface area is 170 Å². The number of furan rings is 1. The van der Waals surface area contributed by atoms with Gasteiger partial charge in [-0.15, -0.1) is 0 Å². The van der Waals surface area contributed by atoms with Crippen molar-refractivity contribution in [3.63, 3.8) is 0 Å². The fourth-order valence-corrected chi connectivity index (χ4v) is 3.86. The molecule has 4 rings (SSSR count). The first-order valence-electron chi connectivity index (χ1n) is 9.98. The summed E-state index contributed by atoms with van der Waals surface area (Å²) < 4.78 is 16.9. The van der Waals surface area contributed by atoms with E-state index in [9.17, 15) is 4.79 Å². The van der Waals surface area contributed by atoms with Crippen LogP contribution in [0.15, 0.2) is 52.9 Å². The quantitative estimate of drug-likeness (QED) is 0.670. The molecule has 2 N–H and O–H groups in total. The van der Waals surface area contributed by atoms with Crippen molar-refractivity contribution in [1.29, 1.82) is 0 Å². The van der Waals surface area contributed by atoms with Crippen molar-refractivity contribution in [3.05, 3.63) is 65.4 Å². The number of aryl methyl sites for hydroxylation is 1. The van der Waals surface area contributed by atoms with Gasteiger partial charge in [-0.2, -0.15) is 0 Å². The van der Waals surface area contributed by atoms with Gasteiger partial charge in [-0.05, 0) is 25.1 Å². The Kier molecular flexibility index (Phi) is 5.83. The minimum absolute atomic E-state index is 0.00353. The van der Waals surface area contributed by atoms with Crippen LogP contribution in [0.2, 0.25) is 0 Å². The number of amides is 1. The zero-order valence-electron chi connectivity index (χ0n) is 16.9. The normalized spacial score (nSPS) is 19.2. The fraction of sp³-hybridized carbons (Fsp3) is 0.348. The van der Waals surface area contributed by atoms with Crippen LogP contribution >= 0.6 is 0 Å². The standard InChI is InChI=1S/C23H26N2O4/c1-16-20-12-18(27-2)8-9-21(20)29-22(16)23(26)24-13-19-15-25(10-11-28-19)14-17-6-4-3-5-7-17/h3-9,12,19H,10-11,13-15H2,1-2H3,(H,24,26)/p+1/t19-/m0/s1. The van der Waals surface area contributed by atoms with Crippen LogP contribution in [0, 0.1) is 6.92 Å². The second-order valence-electron chi connectivity index (χ2n) is 7.49. The minimum Gasteiger partial charge on any atom is -0.497 e. The Morgan fingerprint density at radius 2 is 2.07 bits per heavy atom. The van der Waals surface area contributed by atoms with Gasteiger partial charge in [0.05, 0.1) is 13.7 Å². The van der Waals surface area contributed by atoms with Crippen molar-refractivity contribution in [3.8, 4) is 5.75 Å². The van der Waals surface area contributed by atoms with Gasteiger partial charge in [-0.3, -0.25) is 4.79 Å². The van der Waals surface area contributed by atoms with E-state index in [1.165, 1.54) is 10.5 Å². The van der Waals surface area contributed by atoms with Gasteiger partial charge in [-0.1, -0.05) is 30.3 Å². The van der Waals surface area contributed by atoms with E-state index in [1.807, 2.05) is 31.2 Å². The third-order valence-corrected chi connectivity index (χ3v) is 5.46. The van der Waals surface area contributed by atoms with E-state index in [1.54, 1.807) is 7.11 Å². The molecule has 1 amide bonds. The van der Waals surface area contributed by atoms with E-state index in [0.717, 1.165) is 36.3 Å². The Hall–Kier alpha value is -2.83. The topological polar surface area (TPSA) is 65.1 Å². The monoisotopic (exact) mass is 395 g/mol. The molecule has 1 fully saturated rings. The fourth-order valence-electron chi connectivity index (χ4n) is 3.86. The number of nitrogens with one attached hydrogen (secondary N) is 2. The largest absolute Gasteiger partial charge is 0.497 e. The number of fused-ring (bicyclic) bond motifs is 1. The summed E-state index contributed by atoms with van der Waals surface area (Å²) in [7, 11) is 1.62. The molecule has 29 heavy (non-hydrogen) atoms. The highest BCUT2D eigenvalue weighted by atomic mass is 16.5. The molecule has 3 aromatic rings. The van der Waals surface area contributed by atoms with E-state index < -0.39 is 0 Å². The number of carbonyl (C=O) groups excluding carboxylic acids is 1. The van der Waals surface area contributed by atoms with Crippen molar-refractivity contribution >= 4 is 16.9 Å². The number of rotatable bonds is 6.